The standard InChI is InChI=1S/C20H21F2N5O2/c1-26-18(28)15-16(13-10-12(21)2-3-14(13)22)24-25-17(15)23-19(26)27-7-4-20(5-8-27)6-9-29-11-20/h2-3,10H,4-9,11H2,1H3,(H,24,25). The highest BCUT2D eigenvalue weighted by Crippen LogP contribution is 2.40. The first-order valence-corrected chi connectivity index (χ1v) is 9.71. The van der Waals surface area contributed by atoms with E-state index in [1.165, 1.54) is 4.57 Å². The molecule has 9 heteroatoms. The van der Waals surface area contributed by atoms with Gasteiger partial charge in [0, 0.05) is 32.3 Å². The van der Waals surface area contributed by atoms with Crippen molar-refractivity contribution in [3.63, 3.8) is 0 Å². The first-order chi connectivity index (χ1) is 14.0. The molecule has 2 aliphatic heterocycles. The maximum Gasteiger partial charge on any atom is 0.266 e. The summed E-state index contributed by atoms with van der Waals surface area (Å²) in [7, 11) is 1.64. The number of H-pyrrole nitrogens is 1. The number of hydrogen-bond donors (Lipinski definition) is 1. The zero-order chi connectivity index (χ0) is 20.2. The van der Waals surface area contributed by atoms with Crippen LogP contribution in [0.15, 0.2) is 23.0 Å². The first-order valence-electron chi connectivity index (χ1n) is 9.71. The third kappa shape index (κ3) is 2.91. The largest absolute Gasteiger partial charge is 0.381 e. The molecule has 2 saturated heterocycles. The zero-order valence-electron chi connectivity index (χ0n) is 16.0. The van der Waals surface area contributed by atoms with Crippen molar-refractivity contribution in [2.24, 2.45) is 12.5 Å². The Hall–Kier alpha value is -2.81. The Morgan fingerprint density at radius 3 is 2.72 bits per heavy atom. The molecule has 1 N–H and O–H groups in total. The van der Waals surface area contributed by atoms with Gasteiger partial charge >= 0.3 is 0 Å². The Bertz CT molecular complexity index is 1140. The second-order valence-electron chi connectivity index (χ2n) is 7.99. The molecule has 7 nitrogen and oxygen atoms in total. The van der Waals surface area contributed by atoms with Crippen LogP contribution in [0.2, 0.25) is 0 Å². The van der Waals surface area contributed by atoms with Gasteiger partial charge < -0.3 is 9.64 Å². The predicted octanol–water partition coefficient (Wildman–Crippen LogP) is 2.61. The average Bonchev–Trinajstić information content (AvgIpc) is 3.35. The van der Waals surface area contributed by atoms with Gasteiger partial charge in [0.15, 0.2) is 5.65 Å². The van der Waals surface area contributed by atoms with Crippen LogP contribution in [0, 0.1) is 17.0 Å². The Balaban J connectivity index is 1.54. The summed E-state index contributed by atoms with van der Waals surface area (Å²) in [5.74, 6) is -0.700. The lowest BCUT2D eigenvalue weighted by Crippen LogP contribution is -2.43. The molecule has 3 aromatic rings. The SMILES string of the molecule is Cn1c(N2CCC3(CCOC3)CC2)nc2[nH]nc(-c3cc(F)ccc3F)c2c1=O. The number of ether oxygens (including phenoxy) is 1. The molecule has 0 amide bonds. The fourth-order valence-electron chi connectivity index (χ4n) is 4.43. The zero-order valence-corrected chi connectivity index (χ0v) is 16.0. The van der Waals surface area contributed by atoms with Crippen LogP contribution in [-0.2, 0) is 11.8 Å². The third-order valence-electron chi connectivity index (χ3n) is 6.25. The molecule has 29 heavy (non-hydrogen) atoms. The smallest absolute Gasteiger partial charge is 0.266 e. The van der Waals surface area contributed by atoms with Crippen LogP contribution in [0.4, 0.5) is 14.7 Å². The van der Waals surface area contributed by atoms with Gasteiger partial charge in [-0.05, 0) is 42.9 Å². The quantitative estimate of drug-likeness (QED) is 0.715. The molecule has 5 rings (SSSR count). The van der Waals surface area contributed by atoms with Gasteiger partial charge in [0.2, 0.25) is 5.95 Å². The van der Waals surface area contributed by atoms with Crippen LogP contribution in [0.1, 0.15) is 19.3 Å². The second kappa shape index (κ2) is 6.62. The minimum Gasteiger partial charge on any atom is -0.381 e. The normalized spacial score (nSPS) is 18.8. The number of nitrogens with zero attached hydrogens (tertiary/aromatic N) is 4. The van der Waals surface area contributed by atoms with Crippen molar-refractivity contribution >= 4 is 17.0 Å². The number of rotatable bonds is 2. The molecular formula is C20H21F2N5O2. The summed E-state index contributed by atoms with van der Waals surface area (Å²) in [5.41, 5.74) is 0.171. The average molecular weight is 401 g/mol. The fraction of sp³-hybridized carbons (Fsp3) is 0.450. The van der Waals surface area contributed by atoms with E-state index in [1.54, 1.807) is 7.05 Å². The monoisotopic (exact) mass is 401 g/mol. The molecule has 4 heterocycles. The maximum absolute atomic E-state index is 14.2. The maximum atomic E-state index is 14.2. The van der Waals surface area contributed by atoms with Gasteiger partial charge in [-0.25, -0.2) is 8.78 Å². The molecular weight excluding hydrogens is 380 g/mol. The summed E-state index contributed by atoms with van der Waals surface area (Å²) >= 11 is 0. The Morgan fingerprint density at radius 2 is 2.00 bits per heavy atom. The van der Waals surface area contributed by atoms with Crippen molar-refractivity contribution < 1.29 is 13.5 Å². The molecule has 1 aromatic carbocycles. The van der Waals surface area contributed by atoms with Crippen molar-refractivity contribution in [3.05, 3.63) is 40.2 Å². The molecule has 2 aliphatic rings. The number of hydrogen-bond acceptors (Lipinski definition) is 5. The van der Waals surface area contributed by atoms with Crippen LogP contribution in [0.3, 0.4) is 0 Å². The fourth-order valence-corrected chi connectivity index (χ4v) is 4.43. The molecule has 0 bridgehead atoms. The summed E-state index contributed by atoms with van der Waals surface area (Å²) in [6.45, 7) is 3.19. The summed E-state index contributed by atoms with van der Waals surface area (Å²) in [6.07, 6.45) is 3.06. The first kappa shape index (κ1) is 18.2. The molecule has 0 unspecified atom stereocenters. The van der Waals surface area contributed by atoms with E-state index in [2.05, 4.69) is 20.1 Å². The van der Waals surface area contributed by atoms with Gasteiger partial charge in [0.1, 0.15) is 22.7 Å². The van der Waals surface area contributed by atoms with Crippen molar-refractivity contribution in [1.29, 1.82) is 0 Å². The van der Waals surface area contributed by atoms with Crippen LogP contribution in [-0.4, -0.2) is 46.1 Å². The van der Waals surface area contributed by atoms with Crippen LogP contribution in [0.5, 0.6) is 0 Å². The van der Waals surface area contributed by atoms with Crippen molar-refractivity contribution in [3.8, 4) is 11.3 Å². The van der Waals surface area contributed by atoms with Crippen LogP contribution < -0.4 is 10.5 Å². The van der Waals surface area contributed by atoms with Crippen molar-refractivity contribution in [2.75, 3.05) is 31.2 Å². The van der Waals surface area contributed by atoms with E-state index >= 15 is 0 Å². The summed E-state index contributed by atoms with van der Waals surface area (Å²) < 4.78 is 34.9. The number of benzene rings is 1. The number of anilines is 1. The summed E-state index contributed by atoms with van der Waals surface area (Å²) in [4.78, 5) is 19.8. The molecule has 0 radical (unpaired) electrons. The minimum absolute atomic E-state index is 0.0657. The number of aromatic amines is 1. The van der Waals surface area contributed by atoms with Gasteiger partial charge in [-0.3, -0.25) is 14.5 Å². The highest BCUT2D eigenvalue weighted by Gasteiger charge is 2.38. The molecule has 0 saturated carbocycles. The highest BCUT2D eigenvalue weighted by atomic mass is 19.1. The number of fused-ring (bicyclic) bond motifs is 1. The topological polar surface area (TPSA) is 76.0 Å². The Morgan fingerprint density at radius 1 is 1.21 bits per heavy atom. The molecule has 2 fully saturated rings. The molecule has 0 aliphatic carbocycles. The number of nitrogens with one attached hydrogen (secondary N) is 1. The van der Waals surface area contributed by atoms with E-state index in [4.69, 9.17) is 4.74 Å². The highest BCUT2D eigenvalue weighted by molar-refractivity contribution is 5.90. The van der Waals surface area contributed by atoms with E-state index in [-0.39, 0.29) is 33.3 Å². The molecule has 152 valence electrons. The van der Waals surface area contributed by atoms with E-state index in [1.807, 2.05) is 0 Å². The molecule has 2 aromatic heterocycles. The Kier molecular flexibility index (Phi) is 4.16. The molecule has 0 atom stereocenters. The lowest BCUT2D eigenvalue weighted by atomic mass is 9.78. The summed E-state index contributed by atoms with van der Waals surface area (Å²) in [5, 5.41) is 6.94. The summed E-state index contributed by atoms with van der Waals surface area (Å²) in [6, 6.07) is 3.08. The van der Waals surface area contributed by atoms with Crippen LogP contribution in [0.25, 0.3) is 22.3 Å². The van der Waals surface area contributed by atoms with Gasteiger partial charge in [-0.15, -0.1) is 0 Å². The van der Waals surface area contributed by atoms with E-state index in [0.717, 1.165) is 63.8 Å². The van der Waals surface area contributed by atoms with Gasteiger partial charge in [-0.1, -0.05) is 0 Å². The van der Waals surface area contributed by atoms with Crippen LogP contribution >= 0.6 is 0 Å². The van der Waals surface area contributed by atoms with Crippen molar-refractivity contribution in [2.45, 2.75) is 19.3 Å². The van der Waals surface area contributed by atoms with Gasteiger partial charge in [0.05, 0.1) is 6.61 Å². The van der Waals surface area contributed by atoms with Crippen molar-refractivity contribution in [1.82, 2.24) is 19.7 Å². The number of halogens is 2. The second-order valence-corrected chi connectivity index (χ2v) is 7.99. The van der Waals surface area contributed by atoms with E-state index in [0.29, 0.717) is 5.95 Å². The molecule has 1 spiro atoms. The number of aromatic nitrogens is 4. The van der Waals surface area contributed by atoms with Gasteiger partial charge in [0.25, 0.3) is 5.56 Å². The lowest BCUT2D eigenvalue weighted by Gasteiger charge is -2.39. The Labute approximate surface area is 165 Å². The third-order valence-corrected chi connectivity index (χ3v) is 6.25. The lowest BCUT2D eigenvalue weighted by molar-refractivity contribution is 0.133. The minimum atomic E-state index is -0.647. The predicted molar refractivity (Wildman–Crippen MR) is 104 cm³/mol. The van der Waals surface area contributed by atoms with Gasteiger partial charge in [-0.2, -0.15) is 10.1 Å². The van der Waals surface area contributed by atoms with E-state index in [9.17, 15) is 13.6 Å². The van der Waals surface area contributed by atoms with E-state index < -0.39 is 11.6 Å². The number of piperidine rings is 1.